The largest absolute Gasteiger partial charge is 0.493 e. The molecule has 2 N–H and O–H groups in total. The van der Waals surface area contributed by atoms with Gasteiger partial charge in [-0.25, -0.2) is 0 Å². The highest BCUT2D eigenvalue weighted by atomic mass is 16.5. The first-order chi connectivity index (χ1) is 8.67. The standard InChI is InChI=1S/C15H23NO2/c1-3-15(16,11-17-2)8-6-12-4-5-14-13(10-12)7-9-18-14/h4-5,10H,3,6-9,11,16H2,1-2H3. The summed E-state index contributed by atoms with van der Waals surface area (Å²) >= 11 is 0. The van der Waals surface area contributed by atoms with Crippen LogP contribution in [0.2, 0.25) is 0 Å². The molecule has 0 spiro atoms. The first-order valence-corrected chi connectivity index (χ1v) is 6.69. The van der Waals surface area contributed by atoms with Crippen LogP contribution in [0, 0.1) is 0 Å². The highest BCUT2D eigenvalue weighted by Gasteiger charge is 2.22. The molecule has 1 aliphatic rings. The Morgan fingerprint density at radius 1 is 1.44 bits per heavy atom. The monoisotopic (exact) mass is 249 g/mol. The van der Waals surface area contributed by atoms with Gasteiger partial charge >= 0.3 is 0 Å². The quantitative estimate of drug-likeness (QED) is 0.841. The third-order valence-electron chi connectivity index (χ3n) is 3.80. The van der Waals surface area contributed by atoms with Crippen LogP contribution in [0.4, 0.5) is 0 Å². The number of hydrogen-bond donors (Lipinski definition) is 1. The first-order valence-electron chi connectivity index (χ1n) is 6.69. The van der Waals surface area contributed by atoms with E-state index in [1.807, 2.05) is 0 Å². The van der Waals surface area contributed by atoms with Crippen molar-refractivity contribution in [2.24, 2.45) is 5.73 Å². The number of fused-ring (bicyclic) bond motifs is 1. The molecule has 0 bridgehead atoms. The number of hydrogen-bond acceptors (Lipinski definition) is 3. The van der Waals surface area contributed by atoms with Crippen molar-refractivity contribution in [1.29, 1.82) is 0 Å². The summed E-state index contributed by atoms with van der Waals surface area (Å²) in [5, 5.41) is 0. The first kappa shape index (κ1) is 13.4. The second-order valence-electron chi connectivity index (χ2n) is 5.19. The molecule has 3 nitrogen and oxygen atoms in total. The number of methoxy groups -OCH3 is 1. The van der Waals surface area contributed by atoms with Gasteiger partial charge in [0.05, 0.1) is 13.2 Å². The number of nitrogens with two attached hydrogens (primary N) is 1. The lowest BCUT2D eigenvalue weighted by atomic mass is 9.90. The van der Waals surface area contributed by atoms with Crippen LogP contribution in [0.1, 0.15) is 30.9 Å². The highest BCUT2D eigenvalue weighted by Crippen LogP contribution is 2.27. The molecule has 2 rings (SSSR count). The van der Waals surface area contributed by atoms with Gasteiger partial charge in [-0.2, -0.15) is 0 Å². The van der Waals surface area contributed by atoms with Gasteiger partial charge in [0.25, 0.3) is 0 Å². The predicted octanol–water partition coefficient (Wildman–Crippen LogP) is 2.31. The Morgan fingerprint density at radius 2 is 2.28 bits per heavy atom. The summed E-state index contributed by atoms with van der Waals surface area (Å²) in [5.41, 5.74) is 8.79. The van der Waals surface area contributed by atoms with E-state index in [2.05, 4.69) is 25.1 Å². The Hall–Kier alpha value is -1.06. The summed E-state index contributed by atoms with van der Waals surface area (Å²) in [6.07, 6.45) is 3.93. The Kier molecular flexibility index (Phi) is 4.25. The van der Waals surface area contributed by atoms with Gasteiger partial charge in [-0.1, -0.05) is 19.1 Å². The fourth-order valence-electron chi connectivity index (χ4n) is 2.43. The molecule has 0 saturated heterocycles. The summed E-state index contributed by atoms with van der Waals surface area (Å²) < 4.78 is 10.7. The number of rotatable bonds is 6. The molecule has 1 aliphatic heterocycles. The summed E-state index contributed by atoms with van der Waals surface area (Å²) in [4.78, 5) is 0. The third kappa shape index (κ3) is 3.03. The summed E-state index contributed by atoms with van der Waals surface area (Å²) in [5.74, 6) is 1.05. The molecule has 1 atom stereocenters. The van der Waals surface area contributed by atoms with Crippen molar-refractivity contribution in [3.63, 3.8) is 0 Å². The molecule has 0 amide bonds. The minimum atomic E-state index is -0.204. The van der Waals surface area contributed by atoms with Gasteiger partial charge in [0.2, 0.25) is 0 Å². The topological polar surface area (TPSA) is 44.5 Å². The van der Waals surface area contributed by atoms with E-state index in [0.717, 1.165) is 38.0 Å². The lowest BCUT2D eigenvalue weighted by Gasteiger charge is -2.27. The molecule has 1 unspecified atom stereocenters. The van der Waals surface area contributed by atoms with E-state index < -0.39 is 0 Å². The Bertz CT molecular complexity index is 405. The molecule has 100 valence electrons. The molecule has 0 aromatic heterocycles. The Labute approximate surface area is 109 Å². The predicted molar refractivity (Wildman–Crippen MR) is 73.0 cm³/mol. The molecule has 0 radical (unpaired) electrons. The number of benzene rings is 1. The van der Waals surface area contributed by atoms with E-state index in [0.29, 0.717) is 6.61 Å². The van der Waals surface area contributed by atoms with E-state index in [1.54, 1.807) is 7.11 Å². The van der Waals surface area contributed by atoms with Crippen molar-refractivity contribution in [3.8, 4) is 5.75 Å². The van der Waals surface area contributed by atoms with Crippen molar-refractivity contribution < 1.29 is 9.47 Å². The van der Waals surface area contributed by atoms with Gasteiger partial charge in [-0.3, -0.25) is 0 Å². The molecule has 1 aromatic carbocycles. The van der Waals surface area contributed by atoms with Crippen molar-refractivity contribution >= 4 is 0 Å². The van der Waals surface area contributed by atoms with Crippen LogP contribution in [0.25, 0.3) is 0 Å². The maximum absolute atomic E-state index is 6.32. The van der Waals surface area contributed by atoms with E-state index >= 15 is 0 Å². The zero-order valence-electron chi connectivity index (χ0n) is 11.4. The minimum absolute atomic E-state index is 0.204. The molecular formula is C15H23NO2. The smallest absolute Gasteiger partial charge is 0.122 e. The third-order valence-corrected chi connectivity index (χ3v) is 3.80. The molecule has 0 saturated carbocycles. The van der Waals surface area contributed by atoms with Gasteiger partial charge < -0.3 is 15.2 Å². The Balaban J connectivity index is 1.97. The van der Waals surface area contributed by atoms with Crippen LogP contribution in [-0.4, -0.2) is 25.9 Å². The maximum Gasteiger partial charge on any atom is 0.122 e. The maximum atomic E-state index is 6.32. The van der Waals surface area contributed by atoms with Crippen LogP contribution in [0.5, 0.6) is 5.75 Å². The average molecular weight is 249 g/mol. The number of ether oxygens (including phenoxy) is 2. The zero-order chi connectivity index (χ0) is 13.0. The second-order valence-corrected chi connectivity index (χ2v) is 5.19. The van der Waals surface area contributed by atoms with Gasteiger partial charge in [0, 0.05) is 19.1 Å². The fourth-order valence-corrected chi connectivity index (χ4v) is 2.43. The van der Waals surface area contributed by atoms with Crippen LogP contribution in [-0.2, 0) is 17.6 Å². The fraction of sp³-hybridized carbons (Fsp3) is 0.600. The van der Waals surface area contributed by atoms with E-state index in [1.165, 1.54) is 11.1 Å². The van der Waals surface area contributed by atoms with Gasteiger partial charge in [-0.15, -0.1) is 0 Å². The minimum Gasteiger partial charge on any atom is -0.493 e. The molecular weight excluding hydrogens is 226 g/mol. The van der Waals surface area contributed by atoms with Crippen LogP contribution in [0.15, 0.2) is 18.2 Å². The van der Waals surface area contributed by atoms with Crippen LogP contribution in [0.3, 0.4) is 0 Å². The van der Waals surface area contributed by atoms with E-state index in [9.17, 15) is 0 Å². The van der Waals surface area contributed by atoms with Crippen molar-refractivity contribution in [2.75, 3.05) is 20.3 Å². The molecule has 0 aliphatic carbocycles. The second kappa shape index (κ2) is 5.72. The van der Waals surface area contributed by atoms with Crippen molar-refractivity contribution in [3.05, 3.63) is 29.3 Å². The van der Waals surface area contributed by atoms with E-state index in [4.69, 9.17) is 15.2 Å². The highest BCUT2D eigenvalue weighted by molar-refractivity contribution is 5.39. The average Bonchev–Trinajstić information content (AvgIpc) is 2.84. The Morgan fingerprint density at radius 3 is 3.00 bits per heavy atom. The molecule has 1 heterocycles. The molecule has 1 aromatic rings. The van der Waals surface area contributed by atoms with Gasteiger partial charge in [-0.05, 0) is 36.5 Å². The lowest BCUT2D eigenvalue weighted by molar-refractivity contribution is 0.124. The number of aryl methyl sites for hydroxylation is 1. The summed E-state index contributed by atoms with van der Waals surface area (Å²) in [6, 6.07) is 6.48. The van der Waals surface area contributed by atoms with Gasteiger partial charge in [0.1, 0.15) is 5.75 Å². The van der Waals surface area contributed by atoms with Crippen molar-refractivity contribution in [2.45, 2.75) is 38.1 Å². The summed E-state index contributed by atoms with van der Waals surface area (Å²) in [6.45, 7) is 3.56. The molecule has 18 heavy (non-hydrogen) atoms. The van der Waals surface area contributed by atoms with Crippen LogP contribution >= 0.6 is 0 Å². The molecule has 0 fully saturated rings. The summed E-state index contributed by atoms with van der Waals surface area (Å²) in [7, 11) is 1.71. The lowest BCUT2D eigenvalue weighted by Crippen LogP contribution is -2.44. The van der Waals surface area contributed by atoms with Crippen molar-refractivity contribution in [1.82, 2.24) is 0 Å². The zero-order valence-corrected chi connectivity index (χ0v) is 11.4. The van der Waals surface area contributed by atoms with Gasteiger partial charge in [0.15, 0.2) is 0 Å². The normalized spacial score (nSPS) is 17.1. The van der Waals surface area contributed by atoms with Crippen LogP contribution < -0.4 is 10.5 Å². The molecule has 3 heteroatoms. The van der Waals surface area contributed by atoms with E-state index in [-0.39, 0.29) is 5.54 Å². The SMILES string of the molecule is CCC(N)(CCc1ccc2c(c1)CCO2)COC.